The Morgan fingerprint density at radius 2 is 1.76 bits per heavy atom. The summed E-state index contributed by atoms with van der Waals surface area (Å²) < 4.78 is 14.3. The van der Waals surface area contributed by atoms with Crippen molar-refractivity contribution in [2.75, 3.05) is 0 Å². The fraction of sp³-hybridized carbons (Fsp3) is 0. The molecule has 0 unspecified atom stereocenters. The molecule has 7 heteroatoms. The summed E-state index contributed by atoms with van der Waals surface area (Å²) in [5.41, 5.74) is 1.48. The maximum atomic E-state index is 13.0. The van der Waals surface area contributed by atoms with E-state index in [9.17, 15) is 14.6 Å². The molecule has 0 aliphatic heterocycles. The van der Waals surface area contributed by atoms with Gasteiger partial charge in [0.25, 0.3) is 0 Å². The highest BCUT2D eigenvalue weighted by Crippen LogP contribution is 2.34. The summed E-state index contributed by atoms with van der Waals surface area (Å²) in [6, 6.07) is 8.27. The van der Waals surface area contributed by atoms with Gasteiger partial charge in [0.15, 0.2) is 0 Å². The molecule has 0 radical (unpaired) electrons. The summed E-state index contributed by atoms with van der Waals surface area (Å²) in [7, 11) is 0. The molecule has 0 fully saturated rings. The maximum absolute atomic E-state index is 13.0. The molecule has 2 N–H and O–H groups in total. The molecule has 3 rings (SSSR count). The first-order valence-corrected chi connectivity index (χ1v) is 6.32. The van der Waals surface area contributed by atoms with Gasteiger partial charge in [-0.05, 0) is 30.3 Å². The molecular weight excluding hydrogens is 297 g/mol. The monoisotopic (exact) mass is 305 g/mol. The minimum Gasteiger partial charge on any atom is -0.506 e. The Morgan fingerprint density at radius 3 is 2.48 bits per heavy atom. The highest BCUT2D eigenvalue weighted by molar-refractivity contribution is 6.32. The highest BCUT2D eigenvalue weighted by Gasteiger charge is 2.14. The van der Waals surface area contributed by atoms with Crippen LogP contribution in [0.3, 0.4) is 0 Å². The van der Waals surface area contributed by atoms with Gasteiger partial charge in [-0.2, -0.15) is 0 Å². The molecule has 1 aromatic heterocycles. The van der Waals surface area contributed by atoms with E-state index in [0.29, 0.717) is 11.3 Å². The predicted molar refractivity (Wildman–Crippen MR) is 75.1 cm³/mol. The number of hydrogen-bond acceptors (Lipinski definition) is 4. The van der Waals surface area contributed by atoms with Crippen LogP contribution in [0.25, 0.3) is 16.9 Å². The summed E-state index contributed by atoms with van der Waals surface area (Å²) in [4.78, 5) is 0. The molecule has 0 spiro atoms. The van der Waals surface area contributed by atoms with Gasteiger partial charge in [0.05, 0.1) is 16.9 Å². The van der Waals surface area contributed by atoms with Crippen LogP contribution in [0.2, 0.25) is 5.02 Å². The molecule has 106 valence electrons. The average molecular weight is 306 g/mol. The third kappa shape index (κ3) is 2.41. The molecule has 0 atom stereocenters. The van der Waals surface area contributed by atoms with E-state index >= 15 is 0 Å². The molecule has 0 bridgehead atoms. The number of aromatic nitrogens is 3. The smallest absolute Gasteiger partial charge is 0.145 e. The van der Waals surface area contributed by atoms with Gasteiger partial charge in [-0.1, -0.05) is 16.8 Å². The summed E-state index contributed by atoms with van der Waals surface area (Å²) in [5.74, 6) is -0.791. The van der Waals surface area contributed by atoms with Gasteiger partial charge in [0.2, 0.25) is 0 Å². The van der Waals surface area contributed by atoms with Crippen molar-refractivity contribution in [1.29, 1.82) is 0 Å². The number of halogens is 2. The molecule has 3 aromatic rings. The van der Waals surface area contributed by atoms with Gasteiger partial charge in [-0.25, -0.2) is 9.07 Å². The van der Waals surface area contributed by atoms with Crippen LogP contribution in [0.1, 0.15) is 0 Å². The predicted octanol–water partition coefficient (Wildman–Crippen LogP) is 3.14. The van der Waals surface area contributed by atoms with Gasteiger partial charge in [0.1, 0.15) is 23.0 Å². The molecule has 5 nitrogen and oxygen atoms in total. The molecule has 0 aliphatic carbocycles. The van der Waals surface area contributed by atoms with Crippen LogP contribution in [-0.4, -0.2) is 25.2 Å². The number of phenolic OH excluding ortho intramolecular Hbond substituents is 2. The van der Waals surface area contributed by atoms with Gasteiger partial charge in [-0.15, -0.1) is 5.10 Å². The van der Waals surface area contributed by atoms with Gasteiger partial charge in [0, 0.05) is 11.6 Å². The normalized spacial score (nSPS) is 10.8. The Labute approximate surface area is 123 Å². The topological polar surface area (TPSA) is 71.2 Å². The van der Waals surface area contributed by atoms with E-state index in [1.54, 1.807) is 12.1 Å². The molecular formula is C14H9ClFN3O2. The molecule has 0 saturated carbocycles. The molecule has 0 amide bonds. The summed E-state index contributed by atoms with van der Waals surface area (Å²) >= 11 is 5.85. The number of aromatic hydroxyl groups is 2. The second-order valence-electron chi connectivity index (χ2n) is 4.33. The lowest BCUT2D eigenvalue weighted by atomic mass is 10.1. The first-order chi connectivity index (χ1) is 10.1. The number of nitrogens with zero attached hydrogens (tertiary/aromatic N) is 3. The number of rotatable bonds is 2. The van der Waals surface area contributed by atoms with E-state index in [4.69, 9.17) is 11.6 Å². The Bertz CT molecular complexity index is 802. The fourth-order valence-electron chi connectivity index (χ4n) is 1.94. The minimum absolute atomic E-state index is 0.0726. The van der Waals surface area contributed by atoms with Crippen LogP contribution in [0.4, 0.5) is 4.39 Å². The quantitative estimate of drug-likeness (QED) is 0.763. The number of phenols is 2. The number of benzene rings is 2. The largest absolute Gasteiger partial charge is 0.506 e. The molecule has 0 saturated heterocycles. The SMILES string of the molecule is Oc1cc(O)c(-n2nncc2-c2ccc(F)cc2)cc1Cl. The van der Waals surface area contributed by atoms with E-state index in [0.717, 1.165) is 6.07 Å². The summed E-state index contributed by atoms with van der Waals surface area (Å²) in [6.07, 6.45) is 1.48. The van der Waals surface area contributed by atoms with Crippen LogP contribution < -0.4 is 0 Å². The second-order valence-corrected chi connectivity index (χ2v) is 4.74. The van der Waals surface area contributed by atoms with Crippen molar-refractivity contribution in [3.05, 3.63) is 53.4 Å². The Kier molecular flexibility index (Phi) is 3.23. The van der Waals surface area contributed by atoms with Crippen molar-refractivity contribution < 1.29 is 14.6 Å². The standard InChI is InChI=1S/C14H9ClFN3O2/c15-10-5-11(14(21)6-13(10)20)19-12(7-17-18-19)8-1-3-9(16)4-2-8/h1-7,20-21H. The third-order valence-electron chi connectivity index (χ3n) is 2.96. The average Bonchev–Trinajstić information content (AvgIpc) is 2.93. The zero-order chi connectivity index (χ0) is 15.0. The molecule has 1 heterocycles. The van der Waals surface area contributed by atoms with Crippen molar-refractivity contribution >= 4 is 11.6 Å². The summed E-state index contributed by atoms with van der Waals surface area (Å²) in [6.45, 7) is 0. The van der Waals surface area contributed by atoms with Crippen molar-refractivity contribution in [2.45, 2.75) is 0 Å². The van der Waals surface area contributed by atoms with Gasteiger partial charge in [-0.3, -0.25) is 0 Å². The van der Waals surface area contributed by atoms with Crippen LogP contribution in [0.5, 0.6) is 11.5 Å². The lowest BCUT2D eigenvalue weighted by Crippen LogP contribution is -2.00. The van der Waals surface area contributed by atoms with Gasteiger partial charge < -0.3 is 10.2 Å². The van der Waals surface area contributed by atoms with Crippen molar-refractivity contribution in [1.82, 2.24) is 15.0 Å². The maximum Gasteiger partial charge on any atom is 0.145 e. The zero-order valence-corrected chi connectivity index (χ0v) is 11.3. The third-order valence-corrected chi connectivity index (χ3v) is 3.26. The Hall–Kier alpha value is -2.60. The Balaban J connectivity index is 2.15. The van der Waals surface area contributed by atoms with Crippen molar-refractivity contribution in [3.63, 3.8) is 0 Å². The first kappa shape index (κ1) is 13.4. The second kappa shape index (κ2) is 5.06. The van der Waals surface area contributed by atoms with E-state index in [1.807, 2.05) is 0 Å². The van der Waals surface area contributed by atoms with Gasteiger partial charge >= 0.3 is 0 Å². The minimum atomic E-state index is -0.353. The van der Waals surface area contributed by atoms with E-state index < -0.39 is 0 Å². The molecule has 21 heavy (non-hydrogen) atoms. The number of hydrogen-bond donors (Lipinski definition) is 2. The molecule has 2 aromatic carbocycles. The van der Waals surface area contributed by atoms with E-state index in [-0.39, 0.29) is 28.0 Å². The van der Waals surface area contributed by atoms with Crippen LogP contribution in [0.15, 0.2) is 42.6 Å². The summed E-state index contributed by atoms with van der Waals surface area (Å²) in [5, 5.41) is 27.2. The molecule has 0 aliphatic rings. The lowest BCUT2D eigenvalue weighted by molar-refractivity contribution is 0.447. The lowest BCUT2D eigenvalue weighted by Gasteiger charge is -2.09. The van der Waals surface area contributed by atoms with Crippen LogP contribution in [0, 0.1) is 5.82 Å². The van der Waals surface area contributed by atoms with E-state index in [2.05, 4.69) is 10.3 Å². The van der Waals surface area contributed by atoms with Crippen molar-refractivity contribution in [3.8, 4) is 28.4 Å². The zero-order valence-electron chi connectivity index (χ0n) is 10.5. The van der Waals surface area contributed by atoms with E-state index in [1.165, 1.54) is 29.1 Å². The Morgan fingerprint density at radius 1 is 1.05 bits per heavy atom. The fourth-order valence-corrected chi connectivity index (χ4v) is 2.10. The highest BCUT2D eigenvalue weighted by atomic mass is 35.5. The van der Waals surface area contributed by atoms with Crippen LogP contribution in [-0.2, 0) is 0 Å². The van der Waals surface area contributed by atoms with Crippen molar-refractivity contribution in [2.24, 2.45) is 0 Å². The van der Waals surface area contributed by atoms with Crippen LogP contribution >= 0.6 is 11.6 Å². The first-order valence-electron chi connectivity index (χ1n) is 5.95.